The van der Waals surface area contributed by atoms with E-state index in [9.17, 15) is 4.79 Å². The largest absolute Gasteiger partial charge is 0.490 e. The summed E-state index contributed by atoms with van der Waals surface area (Å²) in [7, 11) is 0. The lowest BCUT2D eigenvalue weighted by molar-refractivity contribution is 0.0951. The molecular weight excluding hydrogens is 230 g/mol. The van der Waals surface area contributed by atoms with Crippen LogP contribution < -0.4 is 14.8 Å². The summed E-state index contributed by atoms with van der Waals surface area (Å²) in [5.74, 6) is 2.06. The molecule has 18 heavy (non-hydrogen) atoms. The normalized spacial score (nSPS) is 18.0. The molecule has 0 spiro atoms. The number of carbonyl (C=O) groups excluding carboxylic acids is 1. The minimum absolute atomic E-state index is 0.0300. The van der Waals surface area contributed by atoms with E-state index in [0.717, 1.165) is 18.7 Å². The van der Waals surface area contributed by atoms with Crippen molar-refractivity contribution in [1.29, 1.82) is 0 Å². The molecule has 4 nitrogen and oxygen atoms in total. The fourth-order valence-electron chi connectivity index (χ4n) is 1.97. The molecule has 1 aliphatic carbocycles. The summed E-state index contributed by atoms with van der Waals surface area (Å²) in [6.07, 6.45) is 3.35. The van der Waals surface area contributed by atoms with E-state index in [1.807, 2.05) is 6.07 Å². The Kier molecular flexibility index (Phi) is 3.09. The zero-order valence-electron chi connectivity index (χ0n) is 10.3. The van der Waals surface area contributed by atoms with Crippen molar-refractivity contribution in [2.75, 3.05) is 19.8 Å². The molecule has 1 saturated carbocycles. The van der Waals surface area contributed by atoms with E-state index in [2.05, 4.69) is 5.32 Å². The Morgan fingerprint density at radius 2 is 2.00 bits per heavy atom. The van der Waals surface area contributed by atoms with Gasteiger partial charge in [-0.3, -0.25) is 4.79 Å². The number of nitrogens with one attached hydrogen (secondary N) is 1. The van der Waals surface area contributed by atoms with Gasteiger partial charge < -0.3 is 14.8 Å². The Bertz CT molecular complexity index is 454. The third-order valence-corrected chi connectivity index (χ3v) is 3.26. The summed E-state index contributed by atoms with van der Waals surface area (Å²) < 4.78 is 11.1. The van der Waals surface area contributed by atoms with Crippen LogP contribution in [-0.2, 0) is 0 Å². The molecule has 1 N–H and O–H groups in total. The van der Waals surface area contributed by atoms with E-state index in [4.69, 9.17) is 9.47 Å². The fraction of sp³-hybridized carbons (Fsp3) is 0.500. The lowest BCUT2D eigenvalue weighted by atomic mass is 10.2. The van der Waals surface area contributed by atoms with Gasteiger partial charge in [0.05, 0.1) is 13.2 Å². The standard InChI is InChI=1S/C14H17NO3/c16-14(15-9-10-2-3-10)11-4-5-12-13(8-11)18-7-1-6-17-12/h4-5,8,10H,1-3,6-7,9H2,(H,15,16). The molecule has 2 aliphatic rings. The highest BCUT2D eigenvalue weighted by Gasteiger charge is 2.22. The number of rotatable bonds is 3. The third-order valence-electron chi connectivity index (χ3n) is 3.26. The zero-order chi connectivity index (χ0) is 12.4. The monoisotopic (exact) mass is 247 g/mol. The van der Waals surface area contributed by atoms with Crippen LogP contribution in [-0.4, -0.2) is 25.7 Å². The van der Waals surface area contributed by atoms with Gasteiger partial charge in [-0.1, -0.05) is 0 Å². The second-order valence-corrected chi connectivity index (χ2v) is 4.87. The van der Waals surface area contributed by atoms with E-state index in [1.165, 1.54) is 12.8 Å². The highest BCUT2D eigenvalue weighted by molar-refractivity contribution is 5.94. The van der Waals surface area contributed by atoms with Gasteiger partial charge in [-0.05, 0) is 37.0 Å². The summed E-state index contributed by atoms with van der Waals surface area (Å²) in [4.78, 5) is 11.9. The first-order valence-corrected chi connectivity index (χ1v) is 6.51. The maximum Gasteiger partial charge on any atom is 0.251 e. The molecule has 1 heterocycles. The summed E-state index contributed by atoms with van der Waals surface area (Å²) in [5.41, 5.74) is 0.639. The maximum absolute atomic E-state index is 11.9. The van der Waals surface area contributed by atoms with E-state index >= 15 is 0 Å². The molecule has 0 atom stereocenters. The first kappa shape index (κ1) is 11.4. The lowest BCUT2D eigenvalue weighted by Gasteiger charge is -2.09. The van der Waals surface area contributed by atoms with E-state index in [0.29, 0.717) is 30.4 Å². The first-order valence-electron chi connectivity index (χ1n) is 6.51. The topological polar surface area (TPSA) is 47.6 Å². The van der Waals surface area contributed by atoms with Gasteiger partial charge in [0, 0.05) is 18.5 Å². The third kappa shape index (κ3) is 2.58. The molecular formula is C14H17NO3. The molecule has 1 amide bonds. The second-order valence-electron chi connectivity index (χ2n) is 4.87. The van der Waals surface area contributed by atoms with Crippen LogP contribution in [0.2, 0.25) is 0 Å². The molecule has 0 saturated heterocycles. The molecule has 1 aromatic carbocycles. The predicted molar refractivity (Wildman–Crippen MR) is 67.1 cm³/mol. The summed E-state index contributed by atoms with van der Waals surface area (Å²) >= 11 is 0. The molecule has 0 aromatic heterocycles. The van der Waals surface area contributed by atoms with Crippen molar-refractivity contribution in [1.82, 2.24) is 5.32 Å². The second kappa shape index (κ2) is 4.88. The Labute approximate surface area is 106 Å². The van der Waals surface area contributed by atoms with Crippen LogP contribution in [0.15, 0.2) is 18.2 Å². The van der Waals surface area contributed by atoms with Gasteiger partial charge in [0.1, 0.15) is 0 Å². The first-order chi connectivity index (χ1) is 8.83. The van der Waals surface area contributed by atoms with Gasteiger partial charge in [0.25, 0.3) is 5.91 Å². The average Bonchev–Trinajstić information content (AvgIpc) is 3.21. The van der Waals surface area contributed by atoms with Crippen molar-refractivity contribution < 1.29 is 14.3 Å². The molecule has 1 fully saturated rings. The summed E-state index contributed by atoms with van der Waals surface area (Å²) in [6, 6.07) is 5.37. The molecule has 0 unspecified atom stereocenters. The van der Waals surface area contributed by atoms with Crippen LogP contribution in [0, 0.1) is 5.92 Å². The van der Waals surface area contributed by atoms with E-state index in [-0.39, 0.29) is 5.91 Å². The number of fused-ring (bicyclic) bond motifs is 1. The average molecular weight is 247 g/mol. The number of hydrogen-bond acceptors (Lipinski definition) is 3. The SMILES string of the molecule is O=C(NCC1CC1)c1ccc2c(c1)OCCCO2. The van der Waals surface area contributed by atoms with Gasteiger partial charge in [-0.25, -0.2) is 0 Å². The zero-order valence-corrected chi connectivity index (χ0v) is 10.3. The molecule has 4 heteroatoms. The maximum atomic E-state index is 11.9. The predicted octanol–water partition coefficient (Wildman–Crippen LogP) is 1.99. The van der Waals surface area contributed by atoms with Gasteiger partial charge in [-0.15, -0.1) is 0 Å². The highest BCUT2D eigenvalue weighted by Crippen LogP contribution is 2.31. The van der Waals surface area contributed by atoms with Gasteiger partial charge >= 0.3 is 0 Å². The summed E-state index contributed by atoms with van der Waals surface area (Å²) in [6.45, 7) is 2.09. The van der Waals surface area contributed by atoms with E-state index in [1.54, 1.807) is 12.1 Å². The number of amides is 1. The van der Waals surface area contributed by atoms with Crippen molar-refractivity contribution in [3.63, 3.8) is 0 Å². The summed E-state index contributed by atoms with van der Waals surface area (Å²) in [5, 5.41) is 2.95. The number of ether oxygens (including phenoxy) is 2. The molecule has 0 radical (unpaired) electrons. The van der Waals surface area contributed by atoms with Crippen molar-refractivity contribution in [3.8, 4) is 11.5 Å². The quantitative estimate of drug-likeness (QED) is 0.888. The molecule has 1 aliphatic heterocycles. The highest BCUT2D eigenvalue weighted by atomic mass is 16.5. The van der Waals surface area contributed by atoms with Crippen molar-refractivity contribution in [2.24, 2.45) is 5.92 Å². The lowest BCUT2D eigenvalue weighted by Crippen LogP contribution is -2.25. The van der Waals surface area contributed by atoms with E-state index < -0.39 is 0 Å². The minimum Gasteiger partial charge on any atom is -0.490 e. The molecule has 0 bridgehead atoms. The Morgan fingerprint density at radius 1 is 1.22 bits per heavy atom. The molecule has 96 valence electrons. The number of benzene rings is 1. The van der Waals surface area contributed by atoms with Crippen LogP contribution in [0.5, 0.6) is 11.5 Å². The number of carbonyl (C=O) groups is 1. The minimum atomic E-state index is -0.0300. The van der Waals surface area contributed by atoms with Gasteiger partial charge in [0.2, 0.25) is 0 Å². The molecule has 3 rings (SSSR count). The smallest absolute Gasteiger partial charge is 0.251 e. The van der Waals surface area contributed by atoms with Crippen LogP contribution in [0.1, 0.15) is 29.6 Å². The van der Waals surface area contributed by atoms with Crippen molar-refractivity contribution in [3.05, 3.63) is 23.8 Å². The van der Waals surface area contributed by atoms with Crippen LogP contribution in [0.3, 0.4) is 0 Å². The Morgan fingerprint density at radius 3 is 2.78 bits per heavy atom. The van der Waals surface area contributed by atoms with Crippen LogP contribution in [0.4, 0.5) is 0 Å². The van der Waals surface area contributed by atoms with Crippen LogP contribution >= 0.6 is 0 Å². The molecule has 1 aromatic rings. The Hall–Kier alpha value is -1.71. The van der Waals surface area contributed by atoms with Crippen molar-refractivity contribution in [2.45, 2.75) is 19.3 Å². The van der Waals surface area contributed by atoms with Crippen molar-refractivity contribution >= 4 is 5.91 Å². The fourth-order valence-corrected chi connectivity index (χ4v) is 1.97. The number of hydrogen-bond donors (Lipinski definition) is 1. The van der Waals surface area contributed by atoms with Gasteiger partial charge in [-0.2, -0.15) is 0 Å². The Balaban J connectivity index is 1.71. The van der Waals surface area contributed by atoms with Crippen LogP contribution in [0.25, 0.3) is 0 Å². The van der Waals surface area contributed by atoms with Gasteiger partial charge in [0.15, 0.2) is 11.5 Å².